The molecule has 0 saturated carbocycles. The van der Waals surface area contributed by atoms with Crippen molar-refractivity contribution in [2.45, 2.75) is 25.6 Å². The summed E-state index contributed by atoms with van der Waals surface area (Å²) in [5.41, 5.74) is -0.187. The summed E-state index contributed by atoms with van der Waals surface area (Å²) in [5, 5.41) is 3.25. The molecule has 1 heterocycles. The number of rotatable bonds is 2. The maximum atomic E-state index is 11.2. The van der Waals surface area contributed by atoms with E-state index in [0.29, 0.717) is 6.61 Å². The normalized spacial score (nSPS) is 24.7. The molecule has 5 heteroatoms. The standard InChI is InChI=1S/C10H20N2O3/c1-10(2)7-11-5-8(15-10)6-14-9(13)12(3)4/h8,11H,5-7H2,1-4H3. The van der Waals surface area contributed by atoms with Crippen molar-refractivity contribution < 1.29 is 14.3 Å². The summed E-state index contributed by atoms with van der Waals surface area (Å²) in [6, 6.07) is 0. The molecule has 1 rings (SSSR count). The highest BCUT2D eigenvalue weighted by atomic mass is 16.6. The summed E-state index contributed by atoms with van der Waals surface area (Å²) in [5.74, 6) is 0. The van der Waals surface area contributed by atoms with Crippen molar-refractivity contribution in [1.29, 1.82) is 0 Å². The first-order valence-corrected chi connectivity index (χ1v) is 5.13. The minimum absolute atomic E-state index is 0.0577. The van der Waals surface area contributed by atoms with Crippen LogP contribution in [0.1, 0.15) is 13.8 Å². The average molecular weight is 216 g/mol. The lowest BCUT2D eigenvalue weighted by Crippen LogP contribution is -2.52. The lowest BCUT2D eigenvalue weighted by molar-refractivity contribution is -0.112. The highest BCUT2D eigenvalue weighted by Crippen LogP contribution is 2.15. The Kier molecular flexibility index (Phi) is 3.93. The molecular weight excluding hydrogens is 196 g/mol. The van der Waals surface area contributed by atoms with Gasteiger partial charge in [0, 0.05) is 27.2 Å². The molecule has 1 atom stereocenters. The molecule has 88 valence electrons. The van der Waals surface area contributed by atoms with Crippen LogP contribution in [-0.4, -0.2) is 56.5 Å². The Labute approximate surface area is 90.7 Å². The van der Waals surface area contributed by atoms with Gasteiger partial charge in [0.1, 0.15) is 12.7 Å². The third-order valence-electron chi connectivity index (χ3n) is 2.17. The average Bonchev–Trinajstić information content (AvgIpc) is 2.12. The van der Waals surface area contributed by atoms with Gasteiger partial charge in [0.2, 0.25) is 0 Å². The van der Waals surface area contributed by atoms with Gasteiger partial charge in [-0.25, -0.2) is 4.79 Å². The van der Waals surface area contributed by atoms with Crippen molar-refractivity contribution in [2.24, 2.45) is 0 Å². The van der Waals surface area contributed by atoms with E-state index in [2.05, 4.69) is 5.32 Å². The minimum atomic E-state index is -0.332. The summed E-state index contributed by atoms with van der Waals surface area (Å²) in [6.07, 6.45) is -0.389. The Morgan fingerprint density at radius 3 is 2.80 bits per heavy atom. The summed E-state index contributed by atoms with van der Waals surface area (Å²) < 4.78 is 10.8. The number of ether oxygens (including phenoxy) is 2. The predicted molar refractivity (Wildman–Crippen MR) is 56.9 cm³/mol. The molecular formula is C10H20N2O3. The van der Waals surface area contributed by atoms with Gasteiger partial charge in [0.25, 0.3) is 0 Å². The van der Waals surface area contributed by atoms with Crippen molar-refractivity contribution in [3.05, 3.63) is 0 Å². The third kappa shape index (κ3) is 4.05. The molecule has 1 aliphatic rings. The van der Waals surface area contributed by atoms with E-state index in [9.17, 15) is 4.79 Å². The second kappa shape index (κ2) is 4.81. The molecule has 0 radical (unpaired) electrons. The number of carbonyl (C=O) groups excluding carboxylic acids is 1. The zero-order valence-corrected chi connectivity index (χ0v) is 9.87. The summed E-state index contributed by atoms with van der Waals surface area (Å²) in [6.45, 7) is 5.88. The number of hydrogen-bond donors (Lipinski definition) is 1. The van der Waals surface area contributed by atoms with E-state index in [1.807, 2.05) is 13.8 Å². The van der Waals surface area contributed by atoms with Gasteiger partial charge < -0.3 is 19.7 Å². The first kappa shape index (κ1) is 12.3. The van der Waals surface area contributed by atoms with Crippen LogP contribution in [0, 0.1) is 0 Å². The second-order valence-electron chi connectivity index (χ2n) is 4.60. The molecule has 1 unspecified atom stereocenters. The minimum Gasteiger partial charge on any atom is -0.447 e. The van der Waals surface area contributed by atoms with Gasteiger partial charge in [-0.3, -0.25) is 0 Å². The van der Waals surface area contributed by atoms with Gasteiger partial charge in [0.05, 0.1) is 5.60 Å². The van der Waals surface area contributed by atoms with Crippen LogP contribution in [0.4, 0.5) is 4.79 Å². The summed E-state index contributed by atoms with van der Waals surface area (Å²) in [7, 11) is 3.32. The molecule has 0 aromatic carbocycles. The van der Waals surface area contributed by atoms with Crippen molar-refractivity contribution in [1.82, 2.24) is 10.2 Å². The van der Waals surface area contributed by atoms with Crippen molar-refractivity contribution >= 4 is 6.09 Å². The molecule has 1 aliphatic heterocycles. The van der Waals surface area contributed by atoms with Crippen LogP contribution in [0.25, 0.3) is 0 Å². The maximum Gasteiger partial charge on any atom is 0.409 e. The molecule has 0 spiro atoms. The third-order valence-corrected chi connectivity index (χ3v) is 2.17. The Morgan fingerprint density at radius 1 is 1.60 bits per heavy atom. The van der Waals surface area contributed by atoms with Crippen LogP contribution >= 0.6 is 0 Å². The number of hydrogen-bond acceptors (Lipinski definition) is 4. The van der Waals surface area contributed by atoms with Crippen LogP contribution in [-0.2, 0) is 9.47 Å². The molecule has 1 N–H and O–H groups in total. The lowest BCUT2D eigenvalue weighted by atomic mass is 10.1. The topological polar surface area (TPSA) is 50.8 Å². The van der Waals surface area contributed by atoms with Gasteiger partial charge in [-0.1, -0.05) is 0 Å². The van der Waals surface area contributed by atoms with Gasteiger partial charge in [-0.05, 0) is 13.8 Å². The van der Waals surface area contributed by atoms with Gasteiger partial charge in [-0.2, -0.15) is 0 Å². The number of nitrogens with zero attached hydrogens (tertiary/aromatic N) is 1. The highest BCUT2D eigenvalue weighted by molar-refractivity contribution is 5.66. The quantitative estimate of drug-likeness (QED) is 0.728. The van der Waals surface area contributed by atoms with Gasteiger partial charge in [-0.15, -0.1) is 0 Å². The van der Waals surface area contributed by atoms with Crippen molar-refractivity contribution in [3.63, 3.8) is 0 Å². The first-order valence-electron chi connectivity index (χ1n) is 5.13. The molecule has 5 nitrogen and oxygen atoms in total. The zero-order valence-electron chi connectivity index (χ0n) is 9.87. The molecule has 0 aliphatic carbocycles. The first-order chi connectivity index (χ1) is 6.91. The predicted octanol–water partition coefficient (Wildman–Crippen LogP) is 0.452. The van der Waals surface area contributed by atoms with Gasteiger partial charge in [0.15, 0.2) is 0 Å². The molecule has 1 amide bonds. The SMILES string of the molecule is CN(C)C(=O)OCC1CNCC(C)(C)O1. The van der Waals surface area contributed by atoms with Crippen LogP contribution in [0.3, 0.4) is 0 Å². The Bertz CT molecular complexity index is 229. The van der Waals surface area contributed by atoms with Crippen molar-refractivity contribution in [3.8, 4) is 0 Å². The molecule has 1 fully saturated rings. The van der Waals surface area contributed by atoms with Crippen LogP contribution in [0.2, 0.25) is 0 Å². The molecule has 1 saturated heterocycles. The Balaban J connectivity index is 2.30. The lowest BCUT2D eigenvalue weighted by Gasteiger charge is -2.36. The fourth-order valence-corrected chi connectivity index (χ4v) is 1.45. The van der Waals surface area contributed by atoms with E-state index in [1.165, 1.54) is 4.90 Å². The summed E-state index contributed by atoms with van der Waals surface area (Å²) >= 11 is 0. The Morgan fingerprint density at radius 2 is 2.27 bits per heavy atom. The van der Waals surface area contributed by atoms with Crippen LogP contribution in [0.5, 0.6) is 0 Å². The monoisotopic (exact) mass is 216 g/mol. The number of carbonyl (C=O) groups is 1. The maximum absolute atomic E-state index is 11.2. The van der Waals surface area contributed by atoms with Crippen molar-refractivity contribution in [2.75, 3.05) is 33.8 Å². The van der Waals surface area contributed by atoms with Crippen LogP contribution < -0.4 is 5.32 Å². The smallest absolute Gasteiger partial charge is 0.409 e. The molecule has 0 aromatic heterocycles. The largest absolute Gasteiger partial charge is 0.447 e. The second-order valence-corrected chi connectivity index (χ2v) is 4.60. The Hall–Kier alpha value is -0.810. The zero-order chi connectivity index (χ0) is 11.5. The van der Waals surface area contributed by atoms with E-state index < -0.39 is 0 Å². The highest BCUT2D eigenvalue weighted by Gasteiger charge is 2.29. The van der Waals surface area contributed by atoms with Crippen LogP contribution in [0.15, 0.2) is 0 Å². The molecule has 0 aromatic rings. The number of morpholine rings is 1. The van der Waals surface area contributed by atoms with E-state index >= 15 is 0 Å². The van der Waals surface area contributed by atoms with E-state index in [1.54, 1.807) is 14.1 Å². The summed E-state index contributed by atoms with van der Waals surface area (Å²) in [4.78, 5) is 12.6. The van der Waals surface area contributed by atoms with E-state index in [0.717, 1.165) is 13.1 Å². The fraction of sp³-hybridized carbons (Fsp3) is 0.900. The number of amides is 1. The number of nitrogens with one attached hydrogen (secondary N) is 1. The molecule has 15 heavy (non-hydrogen) atoms. The van der Waals surface area contributed by atoms with E-state index in [4.69, 9.17) is 9.47 Å². The van der Waals surface area contributed by atoms with Gasteiger partial charge >= 0.3 is 6.09 Å². The molecule has 0 bridgehead atoms. The van der Waals surface area contributed by atoms with E-state index in [-0.39, 0.29) is 17.8 Å². The fourth-order valence-electron chi connectivity index (χ4n) is 1.45.